The molecule has 4 aromatic rings. The highest BCUT2D eigenvalue weighted by atomic mass is 32.2. The van der Waals surface area contributed by atoms with Crippen LogP contribution in [0.3, 0.4) is 0 Å². The summed E-state index contributed by atoms with van der Waals surface area (Å²) < 4.78 is 44.6. The second-order valence-electron chi connectivity index (χ2n) is 10.7. The van der Waals surface area contributed by atoms with E-state index in [0.29, 0.717) is 42.2 Å². The highest BCUT2D eigenvalue weighted by Gasteiger charge is 2.53. The maximum Gasteiger partial charge on any atom is 0.266 e. The third-order valence-corrected chi connectivity index (χ3v) is 9.35. The van der Waals surface area contributed by atoms with Gasteiger partial charge >= 0.3 is 0 Å². The van der Waals surface area contributed by atoms with Crippen molar-refractivity contribution < 1.29 is 32.5 Å². The van der Waals surface area contributed by atoms with Gasteiger partial charge in [-0.1, -0.05) is 60.7 Å². The molecular formula is C35H37N3O7S. The Bertz CT molecular complexity index is 1730. The number of nitrogens with zero attached hydrogens (tertiary/aromatic N) is 1. The SMILES string of the molecule is COc1cccc([C@@H]2OC(c3ccc(OCCCO)cc3)=N[C@]2(CCS(=O)(=O)c2ccccc2)C(=O)NNCc2ccccc2)c1. The van der Waals surface area contributed by atoms with Crippen molar-refractivity contribution in [2.45, 2.75) is 35.9 Å². The van der Waals surface area contributed by atoms with Crippen molar-refractivity contribution in [3.8, 4) is 11.5 Å². The van der Waals surface area contributed by atoms with Crippen LogP contribution in [-0.2, 0) is 25.9 Å². The van der Waals surface area contributed by atoms with Gasteiger partial charge in [0.2, 0.25) is 5.90 Å². The lowest BCUT2D eigenvalue weighted by molar-refractivity contribution is -0.130. The van der Waals surface area contributed by atoms with Crippen LogP contribution in [0.5, 0.6) is 11.5 Å². The molecule has 10 nitrogen and oxygen atoms in total. The van der Waals surface area contributed by atoms with E-state index in [2.05, 4.69) is 10.9 Å². The molecule has 0 aromatic heterocycles. The van der Waals surface area contributed by atoms with Crippen molar-refractivity contribution in [3.63, 3.8) is 0 Å². The Morgan fingerprint density at radius 3 is 2.35 bits per heavy atom. The number of nitrogens with one attached hydrogen (secondary N) is 2. The second kappa shape index (κ2) is 15.0. The van der Waals surface area contributed by atoms with Crippen molar-refractivity contribution in [1.29, 1.82) is 0 Å². The average molecular weight is 644 g/mol. The third-order valence-electron chi connectivity index (χ3n) is 7.62. The topological polar surface area (TPSA) is 136 Å². The van der Waals surface area contributed by atoms with E-state index in [1.165, 1.54) is 12.1 Å². The lowest BCUT2D eigenvalue weighted by Crippen LogP contribution is -2.53. The first kappa shape index (κ1) is 32.7. The van der Waals surface area contributed by atoms with Gasteiger partial charge in [0, 0.05) is 31.6 Å². The Morgan fingerprint density at radius 1 is 0.935 bits per heavy atom. The number of benzene rings is 4. The average Bonchev–Trinajstić information content (AvgIpc) is 3.50. The molecule has 5 rings (SSSR count). The zero-order valence-electron chi connectivity index (χ0n) is 25.5. The predicted molar refractivity (Wildman–Crippen MR) is 174 cm³/mol. The fraction of sp³-hybridized carbons (Fsp3) is 0.257. The van der Waals surface area contributed by atoms with Crippen molar-refractivity contribution in [1.82, 2.24) is 10.9 Å². The van der Waals surface area contributed by atoms with Crippen LogP contribution >= 0.6 is 0 Å². The van der Waals surface area contributed by atoms with Gasteiger partial charge in [0.15, 0.2) is 21.5 Å². The number of hydrogen-bond acceptors (Lipinski definition) is 9. The molecular weight excluding hydrogens is 606 g/mol. The first-order valence-corrected chi connectivity index (χ1v) is 16.6. The number of amides is 1. The molecule has 3 N–H and O–H groups in total. The molecule has 0 aliphatic carbocycles. The number of hydrazine groups is 1. The fourth-order valence-electron chi connectivity index (χ4n) is 5.14. The van der Waals surface area contributed by atoms with E-state index in [9.17, 15) is 13.2 Å². The standard InChI is InChI=1S/C35H37N3O7S/c1-43-30-13-8-12-28(24-30)32-35(20-23-46(41,42)31-14-6-3-7-15-31,34(40)38-36-25-26-10-4-2-5-11-26)37-33(45-32)27-16-18-29(19-17-27)44-22-9-21-39/h2-8,10-19,24,32,36,39H,9,20-23,25H2,1H3,(H,38,40)/t32-,35-/m0/s1. The number of sulfone groups is 1. The number of carbonyl (C=O) groups is 1. The maximum atomic E-state index is 14.3. The summed E-state index contributed by atoms with van der Waals surface area (Å²) in [5, 5.41) is 9.05. The molecule has 1 amide bonds. The van der Waals surface area contributed by atoms with Gasteiger partial charge in [-0.15, -0.1) is 0 Å². The van der Waals surface area contributed by atoms with E-state index < -0.39 is 27.4 Å². The molecule has 240 valence electrons. The molecule has 1 heterocycles. The first-order valence-electron chi connectivity index (χ1n) is 14.9. The largest absolute Gasteiger partial charge is 0.497 e. The molecule has 46 heavy (non-hydrogen) atoms. The number of aliphatic hydroxyl groups is 1. The van der Waals surface area contributed by atoms with E-state index in [0.717, 1.165) is 5.56 Å². The lowest BCUT2D eigenvalue weighted by Gasteiger charge is -2.30. The summed E-state index contributed by atoms with van der Waals surface area (Å²) in [6, 6.07) is 31.8. The zero-order chi connectivity index (χ0) is 32.4. The summed E-state index contributed by atoms with van der Waals surface area (Å²) in [5.74, 6) is 0.431. The minimum absolute atomic E-state index is 0.0265. The normalized spacial score (nSPS) is 17.5. The molecule has 0 radical (unpaired) electrons. The summed E-state index contributed by atoms with van der Waals surface area (Å²) in [6.07, 6.45) is -0.652. The quantitative estimate of drug-likeness (QED) is 0.128. The van der Waals surface area contributed by atoms with Crippen LogP contribution in [-0.4, -0.2) is 56.9 Å². The summed E-state index contributed by atoms with van der Waals surface area (Å²) in [5.41, 5.74) is 6.21. The number of aliphatic imine (C=N–C) groups is 1. The summed E-state index contributed by atoms with van der Waals surface area (Å²) in [6.45, 7) is 0.725. The maximum absolute atomic E-state index is 14.3. The van der Waals surface area contributed by atoms with Crippen LogP contribution in [0, 0.1) is 0 Å². The van der Waals surface area contributed by atoms with Crippen LogP contribution in [0.4, 0.5) is 0 Å². The predicted octanol–water partition coefficient (Wildman–Crippen LogP) is 4.40. The first-order chi connectivity index (χ1) is 22.3. The fourth-order valence-corrected chi connectivity index (χ4v) is 6.53. The molecule has 0 bridgehead atoms. The van der Waals surface area contributed by atoms with E-state index in [1.54, 1.807) is 73.8 Å². The van der Waals surface area contributed by atoms with Gasteiger partial charge in [-0.2, -0.15) is 0 Å². The van der Waals surface area contributed by atoms with Gasteiger partial charge in [0.05, 0.1) is 24.4 Å². The lowest BCUT2D eigenvalue weighted by atomic mass is 9.85. The Labute approximate surface area is 268 Å². The van der Waals surface area contributed by atoms with Crippen molar-refractivity contribution in [2.24, 2.45) is 4.99 Å². The van der Waals surface area contributed by atoms with Crippen LogP contribution in [0.1, 0.15) is 35.6 Å². The Balaban J connectivity index is 1.53. The van der Waals surface area contributed by atoms with Crippen molar-refractivity contribution in [2.75, 3.05) is 26.1 Å². The smallest absolute Gasteiger partial charge is 0.266 e. The number of ether oxygens (including phenoxy) is 3. The Hall–Kier alpha value is -4.71. The molecule has 2 atom stereocenters. The van der Waals surface area contributed by atoms with E-state index in [4.69, 9.17) is 24.3 Å². The van der Waals surface area contributed by atoms with Gasteiger partial charge in [0.1, 0.15) is 11.5 Å². The molecule has 11 heteroatoms. The highest BCUT2D eigenvalue weighted by Crippen LogP contribution is 2.43. The summed E-state index contributed by atoms with van der Waals surface area (Å²) >= 11 is 0. The van der Waals surface area contributed by atoms with E-state index in [1.807, 2.05) is 30.3 Å². The zero-order valence-corrected chi connectivity index (χ0v) is 26.3. The monoisotopic (exact) mass is 643 g/mol. The summed E-state index contributed by atoms with van der Waals surface area (Å²) in [4.78, 5) is 19.4. The number of methoxy groups -OCH3 is 1. The number of rotatable bonds is 15. The molecule has 1 aliphatic heterocycles. The second-order valence-corrected chi connectivity index (χ2v) is 12.9. The van der Waals surface area contributed by atoms with E-state index in [-0.39, 0.29) is 29.6 Å². The number of carbonyl (C=O) groups excluding carboxylic acids is 1. The van der Waals surface area contributed by atoms with Gasteiger partial charge in [-0.25, -0.2) is 18.8 Å². The number of aliphatic hydroxyl groups excluding tert-OH is 1. The molecule has 0 fully saturated rings. The molecule has 0 spiro atoms. The van der Waals surface area contributed by atoms with Crippen LogP contribution in [0.25, 0.3) is 0 Å². The van der Waals surface area contributed by atoms with Gasteiger partial charge < -0.3 is 19.3 Å². The molecule has 0 unspecified atom stereocenters. The van der Waals surface area contributed by atoms with Crippen molar-refractivity contribution >= 4 is 21.6 Å². The molecule has 1 aliphatic rings. The van der Waals surface area contributed by atoms with Crippen LogP contribution in [0.2, 0.25) is 0 Å². The minimum atomic E-state index is -3.78. The Morgan fingerprint density at radius 2 is 1.65 bits per heavy atom. The third kappa shape index (κ3) is 7.74. The molecule has 4 aromatic carbocycles. The van der Waals surface area contributed by atoms with E-state index >= 15 is 0 Å². The summed E-state index contributed by atoms with van der Waals surface area (Å²) in [7, 11) is -2.24. The van der Waals surface area contributed by atoms with Crippen molar-refractivity contribution in [3.05, 3.63) is 126 Å². The van der Waals surface area contributed by atoms with Gasteiger partial charge in [0.25, 0.3) is 5.91 Å². The minimum Gasteiger partial charge on any atom is -0.497 e. The highest BCUT2D eigenvalue weighted by molar-refractivity contribution is 7.91. The Kier molecular flexibility index (Phi) is 10.7. The van der Waals surface area contributed by atoms with Crippen LogP contribution in [0.15, 0.2) is 119 Å². The van der Waals surface area contributed by atoms with Gasteiger partial charge in [-0.3, -0.25) is 10.2 Å². The number of hydrogen-bond donors (Lipinski definition) is 3. The van der Waals surface area contributed by atoms with Gasteiger partial charge in [-0.05, 0) is 59.7 Å². The molecule has 0 saturated heterocycles. The molecule has 0 saturated carbocycles. The van der Waals surface area contributed by atoms with Crippen LogP contribution < -0.4 is 20.3 Å².